The Morgan fingerprint density at radius 1 is 1.23 bits per heavy atom. The summed E-state index contributed by atoms with van der Waals surface area (Å²) in [4.78, 5) is 11.8. The van der Waals surface area contributed by atoms with E-state index in [1.165, 1.54) is 37.6 Å². The Morgan fingerprint density at radius 3 is 2.58 bits per heavy atom. The summed E-state index contributed by atoms with van der Waals surface area (Å²) in [7, 11) is -2.36. The summed E-state index contributed by atoms with van der Waals surface area (Å²) in [6.07, 6.45) is 1.34. The summed E-state index contributed by atoms with van der Waals surface area (Å²) < 4.78 is 31.3. The van der Waals surface area contributed by atoms with Crippen molar-refractivity contribution in [3.63, 3.8) is 0 Å². The second-order valence-corrected chi connectivity index (χ2v) is 7.13. The lowest BCUT2D eigenvalue weighted by Crippen LogP contribution is -2.34. The van der Waals surface area contributed by atoms with Crippen LogP contribution in [0.15, 0.2) is 52.5 Å². The van der Waals surface area contributed by atoms with Crippen molar-refractivity contribution in [1.29, 1.82) is 0 Å². The fraction of sp³-hybridized carbons (Fsp3) is 0.176. The van der Waals surface area contributed by atoms with Gasteiger partial charge in [-0.25, -0.2) is 18.6 Å². The Morgan fingerprint density at radius 2 is 1.92 bits per heavy atom. The molecule has 0 radical (unpaired) electrons. The van der Waals surface area contributed by atoms with E-state index in [9.17, 15) is 18.3 Å². The SMILES string of the molecule is COc1cc(C=NNC(=O)CNS(=O)(=O)c2ccc(C)cc2)ccc1O. The maximum Gasteiger partial charge on any atom is 0.255 e. The van der Waals surface area contributed by atoms with Gasteiger partial charge in [0, 0.05) is 0 Å². The zero-order chi connectivity index (χ0) is 19.2. The number of hydrogen-bond donors (Lipinski definition) is 3. The molecule has 0 aromatic heterocycles. The molecule has 0 spiro atoms. The van der Waals surface area contributed by atoms with Crippen LogP contribution in [0.25, 0.3) is 0 Å². The number of phenols is 1. The molecule has 8 nitrogen and oxygen atoms in total. The van der Waals surface area contributed by atoms with Gasteiger partial charge in [0.1, 0.15) is 0 Å². The molecule has 9 heteroatoms. The van der Waals surface area contributed by atoms with Crippen LogP contribution in [0.1, 0.15) is 11.1 Å². The number of methoxy groups -OCH3 is 1. The second-order valence-electron chi connectivity index (χ2n) is 5.36. The van der Waals surface area contributed by atoms with Gasteiger partial charge in [-0.2, -0.15) is 5.10 Å². The molecular weight excluding hydrogens is 358 g/mol. The Bertz CT molecular complexity index is 908. The highest BCUT2D eigenvalue weighted by atomic mass is 32.2. The predicted octanol–water partition coefficient (Wildman–Crippen LogP) is 1.14. The van der Waals surface area contributed by atoms with Crippen LogP contribution in [0.3, 0.4) is 0 Å². The molecule has 0 bridgehead atoms. The highest BCUT2D eigenvalue weighted by Gasteiger charge is 2.14. The third-order valence-electron chi connectivity index (χ3n) is 3.36. The van der Waals surface area contributed by atoms with Crippen molar-refractivity contribution in [2.75, 3.05) is 13.7 Å². The number of hydrogen-bond acceptors (Lipinski definition) is 6. The predicted molar refractivity (Wildman–Crippen MR) is 96.8 cm³/mol. The van der Waals surface area contributed by atoms with Crippen molar-refractivity contribution >= 4 is 22.1 Å². The van der Waals surface area contributed by atoms with Crippen molar-refractivity contribution in [3.8, 4) is 11.5 Å². The van der Waals surface area contributed by atoms with Gasteiger partial charge in [0.15, 0.2) is 11.5 Å². The summed E-state index contributed by atoms with van der Waals surface area (Å²) in [5.41, 5.74) is 3.73. The number of carbonyl (C=O) groups excluding carboxylic acids is 1. The fourth-order valence-corrected chi connectivity index (χ4v) is 2.94. The van der Waals surface area contributed by atoms with Gasteiger partial charge in [-0.15, -0.1) is 0 Å². The van der Waals surface area contributed by atoms with Crippen LogP contribution in [0.2, 0.25) is 0 Å². The number of carbonyl (C=O) groups is 1. The van der Waals surface area contributed by atoms with Crippen LogP contribution in [-0.2, 0) is 14.8 Å². The highest BCUT2D eigenvalue weighted by Crippen LogP contribution is 2.25. The zero-order valence-electron chi connectivity index (χ0n) is 14.3. The number of amides is 1. The minimum atomic E-state index is -3.77. The molecule has 0 fully saturated rings. The molecule has 0 saturated heterocycles. The summed E-state index contributed by atoms with van der Waals surface area (Å²) in [5, 5.41) is 13.2. The van der Waals surface area contributed by atoms with E-state index >= 15 is 0 Å². The van der Waals surface area contributed by atoms with Crippen LogP contribution in [0.5, 0.6) is 11.5 Å². The Kier molecular flexibility index (Phi) is 6.31. The monoisotopic (exact) mass is 377 g/mol. The van der Waals surface area contributed by atoms with Crippen LogP contribution >= 0.6 is 0 Å². The number of sulfonamides is 1. The number of phenolic OH excluding ortho intramolecular Hbond substituents is 1. The lowest BCUT2D eigenvalue weighted by atomic mass is 10.2. The first-order valence-corrected chi connectivity index (χ1v) is 9.05. The van der Waals surface area contributed by atoms with Gasteiger partial charge in [-0.3, -0.25) is 4.79 Å². The molecule has 0 atom stereocenters. The number of rotatable bonds is 7. The van der Waals surface area contributed by atoms with Crippen molar-refractivity contribution in [3.05, 3.63) is 53.6 Å². The molecule has 26 heavy (non-hydrogen) atoms. The third-order valence-corrected chi connectivity index (χ3v) is 4.78. The van der Waals surface area contributed by atoms with E-state index in [-0.39, 0.29) is 16.4 Å². The van der Waals surface area contributed by atoms with Crippen LogP contribution in [0.4, 0.5) is 0 Å². The first-order chi connectivity index (χ1) is 12.3. The lowest BCUT2D eigenvalue weighted by molar-refractivity contribution is -0.119. The molecule has 2 aromatic rings. The van der Waals surface area contributed by atoms with Crippen molar-refractivity contribution < 1.29 is 23.1 Å². The molecule has 3 N–H and O–H groups in total. The average Bonchev–Trinajstić information content (AvgIpc) is 2.62. The number of nitrogens with one attached hydrogen (secondary N) is 2. The minimum Gasteiger partial charge on any atom is -0.504 e. The van der Waals surface area contributed by atoms with Crippen LogP contribution < -0.4 is 14.9 Å². The van der Waals surface area contributed by atoms with Gasteiger partial charge < -0.3 is 9.84 Å². The van der Waals surface area contributed by atoms with E-state index in [0.717, 1.165) is 5.56 Å². The summed E-state index contributed by atoms with van der Waals surface area (Å²) in [6, 6.07) is 10.8. The fourth-order valence-electron chi connectivity index (χ4n) is 1.95. The highest BCUT2D eigenvalue weighted by molar-refractivity contribution is 7.89. The number of ether oxygens (including phenoxy) is 1. The zero-order valence-corrected chi connectivity index (χ0v) is 15.1. The number of hydrazone groups is 1. The number of aryl methyl sites for hydroxylation is 1. The largest absolute Gasteiger partial charge is 0.504 e. The summed E-state index contributed by atoms with van der Waals surface area (Å²) >= 11 is 0. The molecular formula is C17H19N3O5S. The number of aromatic hydroxyl groups is 1. The van der Waals surface area contributed by atoms with Crippen molar-refractivity contribution in [2.45, 2.75) is 11.8 Å². The van der Waals surface area contributed by atoms with Crippen LogP contribution in [0, 0.1) is 6.92 Å². The van der Waals surface area contributed by atoms with E-state index < -0.39 is 22.5 Å². The van der Waals surface area contributed by atoms with Gasteiger partial charge in [0.2, 0.25) is 10.0 Å². The molecule has 1 amide bonds. The quantitative estimate of drug-likeness (QED) is 0.494. The average molecular weight is 377 g/mol. The van der Waals surface area contributed by atoms with E-state index in [0.29, 0.717) is 5.56 Å². The normalized spacial score (nSPS) is 11.5. The van der Waals surface area contributed by atoms with Gasteiger partial charge in [0.05, 0.1) is 24.8 Å². The number of nitrogens with zero attached hydrogens (tertiary/aromatic N) is 1. The van der Waals surface area contributed by atoms with Gasteiger partial charge in [-0.05, 0) is 42.8 Å². The molecule has 0 aliphatic rings. The maximum absolute atomic E-state index is 12.1. The van der Waals surface area contributed by atoms with Gasteiger partial charge >= 0.3 is 0 Å². The lowest BCUT2D eigenvalue weighted by Gasteiger charge is -2.06. The standard InChI is InChI=1S/C17H19N3O5S/c1-12-3-6-14(7-4-12)26(23,24)19-11-17(22)20-18-10-13-5-8-15(21)16(9-13)25-2/h3-10,19,21H,11H2,1-2H3,(H,20,22). The Balaban J connectivity index is 1.89. The molecule has 2 rings (SSSR count). The summed E-state index contributed by atoms with van der Waals surface area (Å²) in [6.45, 7) is 1.39. The Labute approximate surface area is 151 Å². The number of benzene rings is 2. The Hall–Kier alpha value is -2.91. The smallest absolute Gasteiger partial charge is 0.255 e. The molecule has 138 valence electrons. The molecule has 0 saturated carbocycles. The minimum absolute atomic E-state index is 0.0146. The molecule has 0 heterocycles. The third kappa shape index (κ3) is 5.30. The van der Waals surface area contributed by atoms with Gasteiger partial charge in [0.25, 0.3) is 5.91 Å². The molecule has 0 unspecified atom stereocenters. The summed E-state index contributed by atoms with van der Waals surface area (Å²) in [5.74, 6) is -0.368. The molecule has 2 aromatic carbocycles. The van der Waals surface area contributed by atoms with Crippen molar-refractivity contribution in [1.82, 2.24) is 10.1 Å². The van der Waals surface area contributed by atoms with E-state index in [1.54, 1.807) is 18.2 Å². The van der Waals surface area contributed by atoms with E-state index in [2.05, 4.69) is 15.2 Å². The topological polar surface area (TPSA) is 117 Å². The van der Waals surface area contributed by atoms with Crippen molar-refractivity contribution in [2.24, 2.45) is 5.10 Å². The van der Waals surface area contributed by atoms with E-state index in [1.807, 2.05) is 6.92 Å². The first-order valence-electron chi connectivity index (χ1n) is 7.57. The maximum atomic E-state index is 12.1. The van der Waals surface area contributed by atoms with Crippen LogP contribution in [-0.4, -0.2) is 39.3 Å². The molecule has 0 aliphatic carbocycles. The molecule has 0 aliphatic heterocycles. The second kappa shape index (κ2) is 8.45. The van der Waals surface area contributed by atoms with E-state index in [4.69, 9.17) is 4.74 Å². The first kappa shape index (κ1) is 19.4. The van der Waals surface area contributed by atoms with Gasteiger partial charge in [-0.1, -0.05) is 17.7 Å².